The molecule has 0 heterocycles. The van der Waals surface area contributed by atoms with Crippen molar-refractivity contribution < 1.29 is 13.9 Å². The van der Waals surface area contributed by atoms with Crippen LogP contribution >= 0.6 is 12.4 Å². The number of rotatable bonds is 1. The molecule has 1 fully saturated rings. The average molecular weight is 212 g/mol. The number of nitrogens with two attached hydrogens (primary N) is 1. The van der Waals surface area contributed by atoms with Crippen LogP contribution in [-0.2, 0) is 9.53 Å². The molecule has 13 heavy (non-hydrogen) atoms. The molecule has 0 radical (unpaired) electrons. The summed E-state index contributed by atoms with van der Waals surface area (Å²) in [4.78, 5) is 11.1. The summed E-state index contributed by atoms with van der Waals surface area (Å²) >= 11 is 0. The van der Waals surface area contributed by atoms with Gasteiger partial charge < -0.3 is 10.5 Å². The second kappa shape index (κ2) is 5.40. The minimum Gasteiger partial charge on any atom is -0.469 e. The van der Waals surface area contributed by atoms with Crippen LogP contribution in [0.1, 0.15) is 19.3 Å². The molecule has 0 aliphatic heterocycles. The number of halogens is 2. The maximum Gasteiger partial charge on any atom is 0.310 e. The molecule has 2 N–H and O–H groups in total. The molecule has 0 amide bonds. The molecule has 3 unspecified atom stereocenters. The molecule has 0 aromatic rings. The van der Waals surface area contributed by atoms with Gasteiger partial charge in [-0.05, 0) is 19.3 Å². The molecule has 0 aromatic heterocycles. The number of hydrogen-bond donors (Lipinski definition) is 1. The molecule has 3 atom stereocenters. The van der Waals surface area contributed by atoms with Gasteiger partial charge in [-0.1, -0.05) is 0 Å². The van der Waals surface area contributed by atoms with E-state index in [9.17, 15) is 9.18 Å². The Bertz CT molecular complexity index is 180. The third-order valence-electron chi connectivity index (χ3n) is 2.34. The van der Waals surface area contributed by atoms with Crippen molar-refractivity contribution in [1.29, 1.82) is 0 Å². The van der Waals surface area contributed by atoms with Crippen molar-refractivity contribution >= 4 is 18.4 Å². The highest BCUT2D eigenvalue weighted by atomic mass is 35.5. The first kappa shape index (κ1) is 12.7. The Balaban J connectivity index is 0.00000144. The lowest BCUT2D eigenvalue weighted by atomic mass is 9.84. The lowest BCUT2D eigenvalue weighted by Gasteiger charge is -2.28. The Morgan fingerprint density at radius 1 is 1.54 bits per heavy atom. The van der Waals surface area contributed by atoms with Gasteiger partial charge in [-0.2, -0.15) is 0 Å². The fraction of sp³-hybridized carbons (Fsp3) is 0.875. The molecule has 0 aromatic carbocycles. The van der Waals surface area contributed by atoms with E-state index in [-0.39, 0.29) is 30.8 Å². The Kier molecular flexibility index (Phi) is 5.25. The van der Waals surface area contributed by atoms with Crippen LogP contribution in [0.5, 0.6) is 0 Å². The van der Waals surface area contributed by atoms with E-state index in [1.54, 1.807) is 0 Å². The van der Waals surface area contributed by atoms with E-state index in [1.165, 1.54) is 7.11 Å². The van der Waals surface area contributed by atoms with Crippen molar-refractivity contribution in [2.75, 3.05) is 7.11 Å². The molecule has 0 saturated heterocycles. The molecule has 3 nitrogen and oxygen atoms in total. The number of methoxy groups -OCH3 is 1. The zero-order valence-corrected chi connectivity index (χ0v) is 8.35. The van der Waals surface area contributed by atoms with E-state index in [1.807, 2.05) is 0 Å². The zero-order chi connectivity index (χ0) is 9.14. The molecule has 5 heteroatoms. The van der Waals surface area contributed by atoms with Crippen molar-refractivity contribution in [3.05, 3.63) is 0 Å². The molecule has 0 bridgehead atoms. The van der Waals surface area contributed by atoms with Crippen LogP contribution in [0, 0.1) is 5.92 Å². The topological polar surface area (TPSA) is 52.3 Å². The first-order valence-corrected chi connectivity index (χ1v) is 4.12. The fourth-order valence-electron chi connectivity index (χ4n) is 1.57. The van der Waals surface area contributed by atoms with Gasteiger partial charge in [0.15, 0.2) is 0 Å². The third-order valence-corrected chi connectivity index (χ3v) is 2.34. The van der Waals surface area contributed by atoms with Crippen molar-refractivity contribution in [2.24, 2.45) is 11.7 Å². The predicted molar refractivity (Wildman–Crippen MR) is 49.5 cm³/mol. The monoisotopic (exact) mass is 211 g/mol. The van der Waals surface area contributed by atoms with Crippen LogP contribution in [0.25, 0.3) is 0 Å². The van der Waals surface area contributed by atoms with Gasteiger partial charge in [0.05, 0.1) is 13.0 Å². The Hall–Kier alpha value is -0.350. The minimum absolute atomic E-state index is 0. The quantitative estimate of drug-likeness (QED) is 0.660. The van der Waals surface area contributed by atoms with Crippen LogP contribution in [-0.4, -0.2) is 25.3 Å². The first-order chi connectivity index (χ1) is 5.65. The van der Waals surface area contributed by atoms with Gasteiger partial charge in [0.2, 0.25) is 0 Å². The number of carbonyl (C=O) groups is 1. The average Bonchev–Trinajstić information content (AvgIpc) is 2.08. The van der Waals surface area contributed by atoms with E-state index in [4.69, 9.17) is 5.73 Å². The van der Waals surface area contributed by atoms with E-state index in [2.05, 4.69) is 4.74 Å². The van der Waals surface area contributed by atoms with Gasteiger partial charge in [0, 0.05) is 6.04 Å². The summed E-state index contributed by atoms with van der Waals surface area (Å²) in [5.41, 5.74) is 5.65. The van der Waals surface area contributed by atoms with E-state index >= 15 is 0 Å². The maximum absolute atomic E-state index is 12.8. The van der Waals surface area contributed by atoms with Crippen LogP contribution < -0.4 is 5.73 Å². The SMILES string of the molecule is COC(=O)C1CC(F)CCC1N.Cl. The van der Waals surface area contributed by atoms with E-state index in [0.29, 0.717) is 12.8 Å². The summed E-state index contributed by atoms with van der Waals surface area (Å²) in [5, 5.41) is 0. The molecular weight excluding hydrogens is 197 g/mol. The van der Waals surface area contributed by atoms with Gasteiger partial charge in [0.25, 0.3) is 0 Å². The lowest BCUT2D eigenvalue weighted by molar-refractivity contribution is -0.147. The second-order valence-corrected chi connectivity index (χ2v) is 3.20. The van der Waals surface area contributed by atoms with Gasteiger partial charge in [-0.15, -0.1) is 12.4 Å². The van der Waals surface area contributed by atoms with Gasteiger partial charge in [0.1, 0.15) is 6.17 Å². The first-order valence-electron chi connectivity index (χ1n) is 4.12. The molecule has 1 aliphatic rings. The molecule has 1 aliphatic carbocycles. The van der Waals surface area contributed by atoms with Crippen LogP contribution in [0.15, 0.2) is 0 Å². The standard InChI is InChI=1S/C8H14FNO2.ClH/c1-12-8(11)6-4-5(9)2-3-7(6)10;/h5-7H,2-4,10H2,1H3;1H. The highest BCUT2D eigenvalue weighted by Crippen LogP contribution is 2.26. The van der Waals surface area contributed by atoms with E-state index in [0.717, 1.165) is 0 Å². The summed E-state index contributed by atoms with van der Waals surface area (Å²) in [6.07, 6.45) is 0.359. The van der Waals surface area contributed by atoms with Crippen LogP contribution in [0.4, 0.5) is 4.39 Å². The zero-order valence-electron chi connectivity index (χ0n) is 7.53. The number of esters is 1. The highest BCUT2D eigenvalue weighted by Gasteiger charge is 2.33. The lowest BCUT2D eigenvalue weighted by Crippen LogP contribution is -2.41. The Labute approximate surface area is 83.2 Å². The molecule has 78 valence electrons. The largest absolute Gasteiger partial charge is 0.469 e. The van der Waals surface area contributed by atoms with Gasteiger partial charge in [-0.25, -0.2) is 4.39 Å². The highest BCUT2D eigenvalue weighted by molar-refractivity contribution is 5.85. The minimum atomic E-state index is -0.895. The number of carbonyl (C=O) groups excluding carboxylic acids is 1. The van der Waals surface area contributed by atoms with Crippen molar-refractivity contribution in [1.82, 2.24) is 0 Å². The predicted octanol–water partition coefficient (Wildman–Crippen LogP) is 1.05. The fourth-order valence-corrected chi connectivity index (χ4v) is 1.57. The summed E-state index contributed by atoms with van der Waals surface area (Å²) in [7, 11) is 1.30. The van der Waals surface area contributed by atoms with Crippen LogP contribution in [0.3, 0.4) is 0 Å². The maximum atomic E-state index is 12.8. The van der Waals surface area contributed by atoms with E-state index < -0.39 is 12.1 Å². The van der Waals surface area contributed by atoms with Crippen molar-refractivity contribution in [3.63, 3.8) is 0 Å². The molecule has 0 spiro atoms. The van der Waals surface area contributed by atoms with Crippen LogP contribution in [0.2, 0.25) is 0 Å². The van der Waals surface area contributed by atoms with Crippen molar-refractivity contribution in [2.45, 2.75) is 31.5 Å². The van der Waals surface area contributed by atoms with Gasteiger partial charge in [-0.3, -0.25) is 4.79 Å². The second-order valence-electron chi connectivity index (χ2n) is 3.20. The summed E-state index contributed by atoms with van der Waals surface area (Å²) in [5.74, 6) is -0.830. The molecule has 1 rings (SSSR count). The summed E-state index contributed by atoms with van der Waals surface area (Å²) in [6, 6.07) is -0.232. The number of hydrogen-bond acceptors (Lipinski definition) is 3. The third kappa shape index (κ3) is 3.12. The molecule has 1 saturated carbocycles. The Morgan fingerprint density at radius 2 is 2.15 bits per heavy atom. The smallest absolute Gasteiger partial charge is 0.310 e. The number of ether oxygens (including phenoxy) is 1. The van der Waals surface area contributed by atoms with Gasteiger partial charge >= 0.3 is 5.97 Å². The summed E-state index contributed by atoms with van der Waals surface area (Å²) < 4.78 is 17.4. The normalized spacial score (nSPS) is 33.3. The molecular formula is C8H15ClFNO2. The summed E-state index contributed by atoms with van der Waals surface area (Å²) in [6.45, 7) is 0. The van der Waals surface area contributed by atoms with Crippen molar-refractivity contribution in [3.8, 4) is 0 Å². The number of alkyl halides is 1. The Morgan fingerprint density at radius 3 is 2.69 bits per heavy atom.